The first-order valence-electron chi connectivity index (χ1n) is 10.5. The van der Waals surface area contributed by atoms with Gasteiger partial charge in [0.05, 0.1) is 24.3 Å². The SMILES string of the molecule is CCOC(=O)C1=C(CNC(c2ccccc2)c2ccccc2)NC(=O)N[C@@H]1c1cccs1. The van der Waals surface area contributed by atoms with Crippen LogP contribution < -0.4 is 16.0 Å². The zero-order valence-corrected chi connectivity index (χ0v) is 18.5. The van der Waals surface area contributed by atoms with Crippen LogP contribution in [0.15, 0.2) is 89.4 Å². The fourth-order valence-corrected chi connectivity index (χ4v) is 4.58. The molecule has 7 heteroatoms. The summed E-state index contributed by atoms with van der Waals surface area (Å²) in [6.07, 6.45) is 0. The molecule has 3 aromatic rings. The number of nitrogens with one attached hydrogen (secondary N) is 3. The van der Waals surface area contributed by atoms with E-state index < -0.39 is 12.0 Å². The second-order valence-electron chi connectivity index (χ2n) is 7.29. The van der Waals surface area contributed by atoms with Crippen LogP contribution in [0.3, 0.4) is 0 Å². The van der Waals surface area contributed by atoms with Gasteiger partial charge < -0.3 is 20.7 Å². The lowest BCUT2D eigenvalue weighted by Gasteiger charge is -2.30. The van der Waals surface area contributed by atoms with E-state index >= 15 is 0 Å². The van der Waals surface area contributed by atoms with E-state index in [9.17, 15) is 9.59 Å². The fourth-order valence-electron chi connectivity index (χ4n) is 3.80. The van der Waals surface area contributed by atoms with Crippen LogP contribution in [-0.2, 0) is 9.53 Å². The fraction of sp³-hybridized carbons (Fsp3) is 0.200. The van der Waals surface area contributed by atoms with Crippen molar-refractivity contribution in [3.05, 3.63) is 105 Å². The molecule has 0 bridgehead atoms. The van der Waals surface area contributed by atoms with Crippen LogP contribution in [0.5, 0.6) is 0 Å². The smallest absolute Gasteiger partial charge is 0.338 e. The van der Waals surface area contributed by atoms with Gasteiger partial charge in [0.25, 0.3) is 0 Å². The number of esters is 1. The van der Waals surface area contributed by atoms with Crippen molar-refractivity contribution >= 4 is 23.3 Å². The zero-order valence-electron chi connectivity index (χ0n) is 17.7. The van der Waals surface area contributed by atoms with Crippen molar-refractivity contribution < 1.29 is 14.3 Å². The van der Waals surface area contributed by atoms with Gasteiger partial charge in [-0.25, -0.2) is 9.59 Å². The van der Waals surface area contributed by atoms with Gasteiger partial charge >= 0.3 is 12.0 Å². The summed E-state index contributed by atoms with van der Waals surface area (Å²) in [6.45, 7) is 2.31. The van der Waals surface area contributed by atoms with Gasteiger partial charge in [-0.05, 0) is 29.5 Å². The van der Waals surface area contributed by atoms with Gasteiger partial charge in [0.2, 0.25) is 0 Å². The van der Waals surface area contributed by atoms with Crippen LogP contribution in [0.2, 0.25) is 0 Å². The minimum atomic E-state index is -0.550. The van der Waals surface area contributed by atoms with Gasteiger partial charge in [0.15, 0.2) is 0 Å². The predicted octanol–water partition coefficient (Wildman–Crippen LogP) is 4.30. The highest BCUT2D eigenvalue weighted by atomic mass is 32.1. The molecular formula is C25H25N3O3S. The lowest BCUT2D eigenvalue weighted by atomic mass is 9.97. The summed E-state index contributed by atoms with van der Waals surface area (Å²) < 4.78 is 5.34. The quantitative estimate of drug-likeness (QED) is 0.450. The molecule has 6 nitrogen and oxygen atoms in total. The first-order valence-corrected chi connectivity index (χ1v) is 11.4. The minimum Gasteiger partial charge on any atom is -0.463 e. The van der Waals surface area contributed by atoms with Crippen LogP contribution in [0.1, 0.15) is 35.0 Å². The molecule has 1 aliphatic heterocycles. The number of rotatable bonds is 8. The molecule has 2 amide bonds. The Hall–Kier alpha value is -3.42. The second kappa shape index (κ2) is 10.3. The highest BCUT2D eigenvalue weighted by Crippen LogP contribution is 2.31. The molecule has 0 aliphatic carbocycles. The normalized spacial score (nSPS) is 15.9. The van der Waals surface area contributed by atoms with Gasteiger partial charge in [0, 0.05) is 17.1 Å². The third-order valence-electron chi connectivity index (χ3n) is 5.23. The van der Waals surface area contributed by atoms with E-state index in [1.54, 1.807) is 6.92 Å². The number of hydrogen-bond acceptors (Lipinski definition) is 5. The number of carbonyl (C=O) groups is 2. The van der Waals surface area contributed by atoms with Crippen LogP contribution in [0.25, 0.3) is 0 Å². The second-order valence-corrected chi connectivity index (χ2v) is 8.27. The molecule has 2 aromatic carbocycles. The van der Waals surface area contributed by atoms with Gasteiger partial charge in [-0.15, -0.1) is 11.3 Å². The molecule has 0 radical (unpaired) electrons. The monoisotopic (exact) mass is 447 g/mol. The molecule has 1 atom stereocenters. The summed E-state index contributed by atoms with van der Waals surface area (Å²) >= 11 is 1.49. The van der Waals surface area contributed by atoms with E-state index in [0.717, 1.165) is 16.0 Å². The van der Waals surface area contributed by atoms with E-state index in [-0.39, 0.29) is 25.2 Å². The number of urea groups is 1. The summed E-state index contributed by atoms with van der Waals surface area (Å²) in [5, 5.41) is 11.1. The van der Waals surface area contributed by atoms with Gasteiger partial charge in [0.1, 0.15) is 0 Å². The third-order valence-corrected chi connectivity index (χ3v) is 6.16. The Morgan fingerprint density at radius 1 is 1.03 bits per heavy atom. The minimum absolute atomic E-state index is 0.111. The van der Waals surface area contributed by atoms with E-state index in [1.807, 2.05) is 53.9 Å². The molecule has 0 unspecified atom stereocenters. The maximum Gasteiger partial charge on any atom is 0.338 e. The van der Waals surface area contributed by atoms with Crippen LogP contribution in [0.4, 0.5) is 4.79 Å². The molecule has 2 heterocycles. The maximum absolute atomic E-state index is 12.9. The number of amides is 2. The average molecular weight is 448 g/mol. The summed E-state index contributed by atoms with van der Waals surface area (Å²) in [7, 11) is 0. The lowest BCUT2D eigenvalue weighted by Crippen LogP contribution is -2.48. The van der Waals surface area contributed by atoms with Crippen molar-refractivity contribution in [3.8, 4) is 0 Å². The van der Waals surface area contributed by atoms with Crippen molar-refractivity contribution in [1.29, 1.82) is 0 Å². The number of thiophene rings is 1. The zero-order chi connectivity index (χ0) is 22.3. The molecule has 32 heavy (non-hydrogen) atoms. The van der Waals surface area contributed by atoms with Crippen molar-refractivity contribution in [2.45, 2.75) is 19.0 Å². The Labute approximate surface area is 191 Å². The summed E-state index contributed by atoms with van der Waals surface area (Å²) in [6, 6.07) is 23.0. The maximum atomic E-state index is 12.9. The first kappa shape index (κ1) is 21.8. The Kier molecular flexibility index (Phi) is 6.99. The molecule has 3 N–H and O–H groups in total. The molecule has 0 saturated heterocycles. The van der Waals surface area contributed by atoms with Crippen molar-refractivity contribution in [2.75, 3.05) is 13.2 Å². The highest BCUT2D eigenvalue weighted by molar-refractivity contribution is 7.10. The predicted molar refractivity (Wildman–Crippen MR) is 125 cm³/mol. The largest absolute Gasteiger partial charge is 0.463 e. The molecule has 1 aliphatic rings. The average Bonchev–Trinajstić information content (AvgIpc) is 3.35. The van der Waals surface area contributed by atoms with Crippen LogP contribution in [-0.4, -0.2) is 25.2 Å². The summed E-state index contributed by atoms with van der Waals surface area (Å²) in [5.74, 6) is -0.439. The molecule has 1 aromatic heterocycles. The number of carbonyl (C=O) groups excluding carboxylic acids is 2. The Morgan fingerprint density at radius 2 is 1.69 bits per heavy atom. The highest BCUT2D eigenvalue weighted by Gasteiger charge is 2.34. The van der Waals surface area contributed by atoms with E-state index in [2.05, 4.69) is 40.2 Å². The standard InChI is InChI=1S/C25H25N3O3S/c1-2-31-24(29)21-19(27-25(30)28-23(21)20-14-9-15-32-20)16-26-22(17-10-5-3-6-11-17)18-12-7-4-8-13-18/h3-15,22-23,26H,2,16H2,1H3,(H2,27,28,30)/t23-/m1/s1. The van der Waals surface area contributed by atoms with Crippen molar-refractivity contribution in [2.24, 2.45) is 0 Å². The van der Waals surface area contributed by atoms with E-state index in [1.165, 1.54) is 11.3 Å². The Bertz CT molecular complexity index is 1040. The molecule has 164 valence electrons. The number of ether oxygens (including phenoxy) is 1. The van der Waals surface area contributed by atoms with Crippen molar-refractivity contribution in [3.63, 3.8) is 0 Å². The summed E-state index contributed by atoms with van der Waals surface area (Å²) in [4.78, 5) is 26.2. The van der Waals surface area contributed by atoms with Crippen LogP contribution >= 0.6 is 11.3 Å². The van der Waals surface area contributed by atoms with Gasteiger partial charge in [-0.1, -0.05) is 66.7 Å². The third kappa shape index (κ3) is 4.90. The topological polar surface area (TPSA) is 79.5 Å². The first-order chi connectivity index (χ1) is 15.7. The molecule has 0 spiro atoms. The number of hydrogen-bond donors (Lipinski definition) is 3. The number of benzene rings is 2. The summed E-state index contributed by atoms with van der Waals surface area (Å²) in [5.41, 5.74) is 3.11. The Morgan fingerprint density at radius 3 is 2.25 bits per heavy atom. The van der Waals surface area contributed by atoms with Gasteiger partial charge in [-0.3, -0.25) is 0 Å². The molecule has 0 fully saturated rings. The molecule has 0 saturated carbocycles. The van der Waals surface area contributed by atoms with Crippen LogP contribution in [0, 0.1) is 0 Å². The van der Waals surface area contributed by atoms with E-state index in [4.69, 9.17) is 4.74 Å². The molecular weight excluding hydrogens is 422 g/mol. The van der Waals surface area contributed by atoms with Gasteiger partial charge in [-0.2, -0.15) is 0 Å². The molecule has 4 rings (SSSR count). The lowest BCUT2D eigenvalue weighted by molar-refractivity contribution is -0.139. The Balaban J connectivity index is 1.69. The van der Waals surface area contributed by atoms with Crippen molar-refractivity contribution in [1.82, 2.24) is 16.0 Å². The van der Waals surface area contributed by atoms with E-state index in [0.29, 0.717) is 11.3 Å².